The Kier molecular flexibility index (Phi) is 5.46. The Hall–Kier alpha value is -0.850. The van der Waals surface area contributed by atoms with E-state index in [1.165, 1.54) is 11.3 Å². The Balaban J connectivity index is 2.19. The summed E-state index contributed by atoms with van der Waals surface area (Å²) < 4.78 is 7.18. The molecule has 112 valence electrons. The van der Waals surface area contributed by atoms with Crippen LogP contribution < -0.4 is 4.74 Å². The average Bonchev–Trinajstić information content (AvgIpc) is 2.78. The van der Waals surface area contributed by atoms with Crippen molar-refractivity contribution in [1.82, 2.24) is 4.90 Å². The molecule has 0 saturated carbocycles. The molecule has 0 aliphatic rings. The Bertz CT molecular complexity index is 650. The number of hydrogen-bond donors (Lipinski definition) is 0. The van der Waals surface area contributed by atoms with Crippen molar-refractivity contribution >= 4 is 49.1 Å². The maximum atomic E-state index is 12.5. The fourth-order valence-electron chi connectivity index (χ4n) is 2.00. The van der Waals surface area contributed by atoms with E-state index in [0.717, 1.165) is 25.1 Å². The molecule has 0 bridgehead atoms. The van der Waals surface area contributed by atoms with Crippen molar-refractivity contribution in [3.05, 3.63) is 48.5 Å². The van der Waals surface area contributed by atoms with E-state index < -0.39 is 0 Å². The molecule has 1 heterocycles. The molecule has 0 saturated heterocycles. The molecular formula is C15H15Br2NO2S. The molecule has 2 rings (SSSR count). The highest BCUT2D eigenvalue weighted by Crippen LogP contribution is 2.33. The third-order valence-electron chi connectivity index (χ3n) is 3.05. The number of aryl methyl sites for hydroxylation is 1. The predicted octanol–water partition coefficient (Wildman–Crippen LogP) is 4.86. The maximum absolute atomic E-state index is 12.5. The van der Waals surface area contributed by atoms with Crippen LogP contribution in [-0.4, -0.2) is 25.0 Å². The highest BCUT2D eigenvalue weighted by Gasteiger charge is 2.17. The van der Waals surface area contributed by atoms with Crippen molar-refractivity contribution in [3.8, 4) is 5.75 Å². The molecular weight excluding hydrogens is 418 g/mol. The van der Waals surface area contributed by atoms with Crippen LogP contribution in [0.1, 0.15) is 20.8 Å². The third-order valence-corrected chi connectivity index (χ3v) is 6.29. The van der Waals surface area contributed by atoms with Gasteiger partial charge in [0.15, 0.2) is 0 Å². The Morgan fingerprint density at radius 3 is 2.62 bits per heavy atom. The van der Waals surface area contributed by atoms with Crippen molar-refractivity contribution in [3.63, 3.8) is 0 Å². The van der Waals surface area contributed by atoms with Crippen LogP contribution >= 0.6 is 43.2 Å². The minimum atomic E-state index is -0.00467. The van der Waals surface area contributed by atoms with Gasteiger partial charge < -0.3 is 9.64 Å². The zero-order valence-electron chi connectivity index (χ0n) is 11.9. The standard InChI is InChI=1S/C15H15Br2NO2S/c1-9-4-5-12(20-3)10(6-9)8-18(2)15(19)13-7-11(16)14(17)21-13/h4-7H,8H2,1-3H3. The Morgan fingerprint density at radius 1 is 1.33 bits per heavy atom. The summed E-state index contributed by atoms with van der Waals surface area (Å²) in [6.07, 6.45) is 0. The molecule has 2 aromatic rings. The molecule has 6 heteroatoms. The monoisotopic (exact) mass is 431 g/mol. The summed E-state index contributed by atoms with van der Waals surface area (Å²) in [6.45, 7) is 2.54. The molecule has 0 atom stereocenters. The molecule has 21 heavy (non-hydrogen) atoms. The van der Waals surface area contributed by atoms with Crippen molar-refractivity contribution in [2.75, 3.05) is 14.2 Å². The van der Waals surface area contributed by atoms with E-state index in [1.807, 2.05) is 31.2 Å². The van der Waals surface area contributed by atoms with Crippen LogP contribution in [0.2, 0.25) is 0 Å². The molecule has 0 aliphatic heterocycles. The van der Waals surface area contributed by atoms with Crippen molar-refractivity contribution in [1.29, 1.82) is 0 Å². The van der Waals surface area contributed by atoms with Crippen LogP contribution in [0.3, 0.4) is 0 Å². The Labute approximate surface area is 145 Å². The lowest BCUT2D eigenvalue weighted by Gasteiger charge is -2.18. The summed E-state index contributed by atoms with van der Waals surface area (Å²) in [4.78, 5) is 14.8. The normalized spacial score (nSPS) is 10.5. The SMILES string of the molecule is COc1ccc(C)cc1CN(C)C(=O)c1cc(Br)c(Br)s1. The number of rotatable bonds is 4. The topological polar surface area (TPSA) is 29.5 Å². The molecule has 1 aromatic carbocycles. The predicted molar refractivity (Wildman–Crippen MR) is 93.2 cm³/mol. The van der Waals surface area contributed by atoms with Crippen molar-refractivity contribution in [2.45, 2.75) is 13.5 Å². The highest BCUT2D eigenvalue weighted by atomic mass is 79.9. The maximum Gasteiger partial charge on any atom is 0.264 e. The smallest absolute Gasteiger partial charge is 0.264 e. The zero-order valence-corrected chi connectivity index (χ0v) is 15.9. The number of ether oxygens (including phenoxy) is 1. The number of amides is 1. The van der Waals surface area contributed by atoms with Crippen LogP contribution in [0.4, 0.5) is 0 Å². The molecule has 0 radical (unpaired) electrons. The molecule has 0 spiro atoms. The summed E-state index contributed by atoms with van der Waals surface area (Å²) >= 11 is 8.24. The van der Waals surface area contributed by atoms with Crippen LogP contribution in [0.15, 0.2) is 32.5 Å². The second-order valence-electron chi connectivity index (χ2n) is 4.71. The molecule has 0 N–H and O–H groups in total. The molecule has 1 amide bonds. The number of benzene rings is 1. The second-order valence-corrected chi connectivity index (χ2v) is 7.93. The van der Waals surface area contributed by atoms with Crippen molar-refractivity contribution < 1.29 is 9.53 Å². The first-order valence-corrected chi connectivity index (χ1v) is 8.66. The third kappa shape index (κ3) is 3.87. The minimum Gasteiger partial charge on any atom is -0.496 e. The lowest BCUT2D eigenvalue weighted by atomic mass is 10.1. The van der Waals surface area contributed by atoms with E-state index >= 15 is 0 Å². The minimum absolute atomic E-state index is 0.00467. The first kappa shape index (κ1) is 16.5. The van der Waals surface area contributed by atoms with Gasteiger partial charge in [0.2, 0.25) is 0 Å². The number of nitrogens with zero attached hydrogens (tertiary/aromatic N) is 1. The van der Waals surface area contributed by atoms with E-state index in [-0.39, 0.29) is 5.91 Å². The summed E-state index contributed by atoms with van der Waals surface area (Å²) in [6, 6.07) is 7.81. The van der Waals surface area contributed by atoms with E-state index in [0.29, 0.717) is 11.4 Å². The fourth-order valence-corrected chi connectivity index (χ4v) is 4.03. The van der Waals surface area contributed by atoms with E-state index in [4.69, 9.17) is 4.74 Å². The highest BCUT2D eigenvalue weighted by molar-refractivity contribution is 9.13. The summed E-state index contributed by atoms with van der Waals surface area (Å²) in [5, 5.41) is 0. The molecule has 0 unspecified atom stereocenters. The first-order valence-electron chi connectivity index (χ1n) is 6.26. The van der Waals surface area contributed by atoms with Gasteiger partial charge in [-0.25, -0.2) is 0 Å². The Morgan fingerprint density at radius 2 is 2.05 bits per heavy atom. The van der Waals surface area contributed by atoms with Gasteiger partial charge in [0.25, 0.3) is 5.91 Å². The number of methoxy groups -OCH3 is 1. The van der Waals surface area contributed by atoms with Gasteiger partial charge in [-0.05, 0) is 50.9 Å². The number of halogens is 2. The van der Waals surface area contributed by atoms with Crippen LogP contribution in [-0.2, 0) is 6.54 Å². The van der Waals surface area contributed by atoms with Gasteiger partial charge in [-0.1, -0.05) is 17.7 Å². The van der Waals surface area contributed by atoms with Gasteiger partial charge in [-0.3, -0.25) is 4.79 Å². The lowest BCUT2D eigenvalue weighted by Crippen LogP contribution is -2.25. The summed E-state index contributed by atoms with van der Waals surface area (Å²) in [7, 11) is 3.44. The number of carbonyl (C=O) groups is 1. The summed E-state index contributed by atoms with van der Waals surface area (Å²) in [5.41, 5.74) is 2.15. The van der Waals surface area contributed by atoms with E-state index in [1.54, 1.807) is 19.1 Å². The van der Waals surface area contributed by atoms with Crippen LogP contribution in [0.5, 0.6) is 5.75 Å². The van der Waals surface area contributed by atoms with Gasteiger partial charge in [0, 0.05) is 23.6 Å². The number of hydrogen-bond acceptors (Lipinski definition) is 3. The molecule has 3 nitrogen and oxygen atoms in total. The van der Waals surface area contributed by atoms with Gasteiger partial charge in [0.1, 0.15) is 5.75 Å². The van der Waals surface area contributed by atoms with Gasteiger partial charge in [-0.15, -0.1) is 11.3 Å². The fraction of sp³-hybridized carbons (Fsp3) is 0.267. The van der Waals surface area contributed by atoms with Gasteiger partial charge in [0.05, 0.1) is 15.8 Å². The largest absolute Gasteiger partial charge is 0.496 e. The summed E-state index contributed by atoms with van der Waals surface area (Å²) in [5.74, 6) is 0.795. The van der Waals surface area contributed by atoms with Gasteiger partial charge in [-0.2, -0.15) is 0 Å². The molecule has 1 aromatic heterocycles. The molecule has 0 aliphatic carbocycles. The average molecular weight is 433 g/mol. The first-order chi connectivity index (χ1) is 9.92. The zero-order chi connectivity index (χ0) is 15.6. The lowest BCUT2D eigenvalue weighted by molar-refractivity contribution is 0.0789. The van der Waals surface area contributed by atoms with E-state index in [2.05, 4.69) is 31.9 Å². The number of thiophene rings is 1. The second kappa shape index (κ2) is 6.94. The quantitative estimate of drug-likeness (QED) is 0.690. The van der Waals surface area contributed by atoms with Gasteiger partial charge >= 0.3 is 0 Å². The van der Waals surface area contributed by atoms with Crippen molar-refractivity contribution in [2.24, 2.45) is 0 Å². The molecule has 0 fully saturated rings. The van der Waals surface area contributed by atoms with Crippen LogP contribution in [0, 0.1) is 6.92 Å². The van der Waals surface area contributed by atoms with E-state index in [9.17, 15) is 4.79 Å². The van der Waals surface area contributed by atoms with Crippen LogP contribution in [0.25, 0.3) is 0 Å². The number of carbonyl (C=O) groups excluding carboxylic acids is 1.